The summed E-state index contributed by atoms with van der Waals surface area (Å²) < 4.78 is 4.97. The van der Waals surface area contributed by atoms with Gasteiger partial charge in [0.25, 0.3) is 0 Å². The monoisotopic (exact) mass is 269 g/mol. The van der Waals surface area contributed by atoms with Gasteiger partial charge >= 0.3 is 5.97 Å². The van der Waals surface area contributed by atoms with E-state index in [9.17, 15) is 4.79 Å². The summed E-state index contributed by atoms with van der Waals surface area (Å²) in [6, 6.07) is 0.116. The molecule has 0 aromatic rings. The molecule has 0 saturated carbocycles. The molecule has 2 aliphatic rings. The number of fused-ring (bicyclic) bond motifs is 1. The standard InChI is InChI=1S/C14H23NO4/c1-10-6-7-12(14(16)17-2)13-11(10)5-4-8-15(13)9-19-18-3/h12-13H,4-9H2,1-3H3/t12-,13+/m1/s1. The van der Waals surface area contributed by atoms with Gasteiger partial charge in [-0.15, -0.1) is 0 Å². The third-order valence-corrected chi connectivity index (χ3v) is 4.24. The lowest BCUT2D eigenvalue weighted by Gasteiger charge is -2.43. The smallest absolute Gasteiger partial charge is 0.310 e. The van der Waals surface area contributed by atoms with Crippen LogP contribution in [0.15, 0.2) is 11.1 Å². The Kier molecular flexibility index (Phi) is 4.96. The Morgan fingerprint density at radius 2 is 2.16 bits per heavy atom. The Morgan fingerprint density at radius 1 is 1.37 bits per heavy atom. The van der Waals surface area contributed by atoms with E-state index in [1.807, 2.05) is 0 Å². The SMILES string of the molecule is COOCN1CCCC2=C(C)CC[C@@H](C(=O)OC)[C@H]21. The molecule has 0 bridgehead atoms. The molecule has 0 spiro atoms. The van der Waals surface area contributed by atoms with Crippen LogP contribution in [0.4, 0.5) is 0 Å². The predicted molar refractivity (Wildman–Crippen MR) is 70.1 cm³/mol. The molecule has 2 rings (SSSR count). The first-order chi connectivity index (χ1) is 9.19. The zero-order valence-corrected chi connectivity index (χ0v) is 12.0. The van der Waals surface area contributed by atoms with Gasteiger partial charge in [0.15, 0.2) is 0 Å². The number of nitrogens with zero attached hydrogens (tertiary/aromatic N) is 1. The van der Waals surface area contributed by atoms with Crippen molar-refractivity contribution in [1.29, 1.82) is 0 Å². The number of carbonyl (C=O) groups is 1. The molecule has 0 N–H and O–H groups in total. The van der Waals surface area contributed by atoms with E-state index < -0.39 is 0 Å². The lowest BCUT2D eigenvalue weighted by Crippen LogP contribution is -2.50. The van der Waals surface area contributed by atoms with Gasteiger partial charge in [0, 0.05) is 12.6 Å². The molecule has 0 aromatic heterocycles. The Bertz CT molecular complexity index is 366. The molecule has 2 atom stereocenters. The Morgan fingerprint density at radius 3 is 2.84 bits per heavy atom. The molecule has 5 nitrogen and oxygen atoms in total. The van der Waals surface area contributed by atoms with Crippen molar-refractivity contribution < 1.29 is 19.3 Å². The van der Waals surface area contributed by atoms with E-state index >= 15 is 0 Å². The van der Waals surface area contributed by atoms with Gasteiger partial charge in [0.05, 0.1) is 20.1 Å². The number of piperidine rings is 1. The molecule has 0 amide bonds. The van der Waals surface area contributed by atoms with Gasteiger partial charge in [0.1, 0.15) is 6.73 Å². The number of methoxy groups -OCH3 is 1. The number of esters is 1. The van der Waals surface area contributed by atoms with E-state index in [0.29, 0.717) is 6.73 Å². The number of allylic oxidation sites excluding steroid dienone is 1. The van der Waals surface area contributed by atoms with Crippen molar-refractivity contribution in [3.8, 4) is 0 Å². The normalized spacial score (nSPS) is 28.2. The topological polar surface area (TPSA) is 48.0 Å². The third kappa shape index (κ3) is 2.99. The number of carbonyl (C=O) groups excluding carboxylic acids is 1. The Labute approximate surface area is 114 Å². The van der Waals surface area contributed by atoms with Crippen LogP contribution in [0.25, 0.3) is 0 Å². The molecular weight excluding hydrogens is 246 g/mol. The second-order valence-corrected chi connectivity index (χ2v) is 5.25. The van der Waals surface area contributed by atoms with Crippen molar-refractivity contribution in [3.05, 3.63) is 11.1 Å². The highest BCUT2D eigenvalue weighted by atomic mass is 17.2. The summed E-state index contributed by atoms with van der Waals surface area (Å²) in [7, 11) is 2.97. The third-order valence-electron chi connectivity index (χ3n) is 4.24. The second kappa shape index (κ2) is 6.50. The van der Waals surface area contributed by atoms with E-state index in [1.54, 1.807) is 0 Å². The molecule has 1 aliphatic carbocycles. The van der Waals surface area contributed by atoms with Crippen molar-refractivity contribution in [2.24, 2.45) is 5.92 Å². The first-order valence-electron chi connectivity index (χ1n) is 6.85. The van der Waals surface area contributed by atoms with Crippen LogP contribution in [0.3, 0.4) is 0 Å². The van der Waals surface area contributed by atoms with E-state index in [-0.39, 0.29) is 17.9 Å². The predicted octanol–water partition coefficient (Wildman–Crippen LogP) is 1.89. The molecule has 0 aromatic carbocycles. The summed E-state index contributed by atoms with van der Waals surface area (Å²) in [5.74, 6) is -0.191. The van der Waals surface area contributed by atoms with Gasteiger partial charge in [-0.05, 0) is 32.6 Å². The van der Waals surface area contributed by atoms with E-state index in [2.05, 4.69) is 11.8 Å². The van der Waals surface area contributed by atoms with Crippen molar-refractivity contribution in [3.63, 3.8) is 0 Å². The van der Waals surface area contributed by atoms with Gasteiger partial charge in [0.2, 0.25) is 0 Å². The van der Waals surface area contributed by atoms with E-state index in [4.69, 9.17) is 14.5 Å². The number of hydrogen-bond donors (Lipinski definition) is 0. The lowest BCUT2D eigenvalue weighted by atomic mass is 9.76. The number of likely N-dealkylation sites (tertiary alicyclic amines) is 1. The number of ether oxygens (including phenoxy) is 1. The molecule has 1 heterocycles. The molecule has 5 heteroatoms. The van der Waals surface area contributed by atoms with Crippen LogP contribution in [-0.2, 0) is 19.3 Å². The average Bonchev–Trinajstić information content (AvgIpc) is 2.45. The summed E-state index contributed by atoms with van der Waals surface area (Å²) in [4.78, 5) is 24.0. The summed E-state index contributed by atoms with van der Waals surface area (Å²) in [6.45, 7) is 3.50. The fourth-order valence-corrected chi connectivity index (χ4v) is 3.30. The van der Waals surface area contributed by atoms with E-state index in [0.717, 1.165) is 32.2 Å². The highest BCUT2D eigenvalue weighted by Crippen LogP contribution is 2.38. The molecule has 1 saturated heterocycles. The average molecular weight is 269 g/mol. The van der Waals surface area contributed by atoms with Crippen molar-refractivity contribution in [2.45, 2.75) is 38.6 Å². The van der Waals surface area contributed by atoms with Crippen LogP contribution in [0.2, 0.25) is 0 Å². The summed E-state index contributed by atoms with van der Waals surface area (Å²) in [5, 5.41) is 0. The maximum atomic E-state index is 12.0. The summed E-state index contributed by atoms with van der Waals surface area (Å²) in [6.07, 6.45) is 4.03. The highest BCUT2D eigenvalue weighted by Gasteiger charge is 2.41. The highest BCUT2D eigenvalue weighted by molar-refractivity contribution is 5.74. The van der Waals surface area contributed by atoms with E-state index in [1.165, 1.54) is 25.4 Å². The Hall–Kier alpha value is -0.910. The molecule has 0 unspecified atom stereocenters. The quantitative estimate of drug-likeness (QED) is 0.337. The van der Waals surface area contributed by atoms with Gasteiger partial charge in [-0.3, -0.25) is 9.69 Å². The van der Waals surface area contributed by atoms with Gasteiger partial charge in [-0.2, -0.15) is 0 Å². The van der Waals surface area contributed by atoms with Crippen molar-refractivity contribution >= 4 is 5.97 Å². The molecule has 1 aliphatic heterocycles. The van der Waals surface area contributed by atoms with Crippen LogP contribution in [0, 0.1) is 5.92 Å². The zero-order valence-electron chi connectivity index (χ0n) is 12.0. The van der Waals surface area contributed by atoms with Crippen LogP contribution in [-0.4, -0.2) is 44.4 Å². The summed E-state index contributed by atoms with van der Waals surface area (Å²) >= 11 is 0. The molecule has 19 heavy (non-hydrogen) atoms. The molecular formula is C14H23NO4. The van der Waals surface area contributed by atoms with Crippen molar-refractivity contribution in [1.82, 2.24) is 4.90 Å². The molecule has 108 valence electrons. The first-order valence-corrected chi connectivity index (χ1v) is 6.85. The zero-order chi connectivity index (χ0) is 13.8. The molecule has 0 radical (unpaired) electrons. The fourth-order valence-electron chi connectivity index (χ4n) is 3.30. The largest absolute Gasteiger partial charge is 0.469 e. The maximum Gasteiger partial charge on any atom is 0.310 e. The number of hydrogen-bond acceptors (Lipinski definition) is 5. The number of rotatable bonds is 4. The first kappa shape index (κ1) is 14.5. The minimum absolute atomic E-state index is 0.0792. The second-order valence-electron chi connectivity index (χ2n) is 5.25. The van der Waals surface area contributed by atoms with Crippen LogP contribution in [0.5, 0.6) is 0 Å². The van der Waals surface area contributed by atoms with Gasteiger partial charge in [-0.1, -0.05) is 11.1 Å². The van der Waals surface area contributed by atoms with Crippen LogP contribution >= 0.6 is 0 Å². The minimum atomic E-state index is -0.112. The minimum Gasteiger partial charge on any atom is -0.469 e. The van der Waals surface area contributed by atoms with Gasteiger partial charge < -0.3 is 4.74 Å². The van der Waals surface area contributed by atoms with Crippen LogP contribution < -0.4 is 0 Å². The maximum absolute atomic E-state index is 12.0. The summed E-state index contributed by atoms with van der Waals surface area (Å²) in [5.41, 5.74) is 2.82. The molecule has 1 fully saturated rings. The van der Waals surface area contributed by atoms with Gasteiger partial charge in [-0.25, -0.2) is 9.78 Å². The lowest BCUT2D eigenvalue weighted by molar-refractivity contribution is -0.299. The van der Waals surface area contributed by atoms with Crippen molar-refractivity contribution in [2.75, 3.05) is 27.5 Å². The van der Waals surface area contributed by atoms with Crippen LogP contribution in [0.1, 0.15) is 32.6 Å². The fraction of sp³-hybridized carbons (Fsp3) is 0.786. The Balaban J connectivity index is 2.22.